The Morgan fingerprint density at radius 2 is 2.08 bits per heavy atom. The molecule has 1 aromatic carbocycles. The summed E-state index contributed by atoms with van der Waals surface area (Å²) in [5.74, 6) is 0.470. The molecule has 0 atom stereocenters. The molecule has 2 heterocycles. The number of hydrogen-bond donors (Lipinski definition) is 1. The van der Waals surface area contributed by atoms with Crippen LogP contribution in [-0.4, -0.2) is 27.8 Å². The van der Waals surface area contributed by atoms with Crippen molar-refractivity contribution in [2.24, 2.45) is 0 Å². The Kier molecular flexibility index (Phi) is 4.56. The van der Waals surface area contributed by atoms with Gasteiger partial charge in [-0.2, -0.15) is 5.10 Å². The maximum atomic E-state index is 12.4. The first-order chi connectivity index (χ1) is 11.7. The van der Waals surface area contributed by atoms with E-state index in [0.29, 0.717) is 17.9 Å². The largest absolute Gasteiger partial charge is 0.496 e. The number of aromatic nitrogens is 3. The van der Waals surface area contributed by atoms with Crippen LogP contribution in [0, 0.1) is 0 Å². The molecule has 2 aromatic heterocycles. The molecule has 6 heteroatoms. The van der Waals surface area contributed by atoms with Gasteiger partial charge in [0.1, 0.15) is 5.75 Å². The van der Waals surface area contributed by atoms with E-state index in [2.05, 4.69) is 15.4 Å². The van der Waals surface area contributed by atoms with E-state index >= 15 is 0 Å². The minimum atomic E-state index is -0.272. The maximum Gasteiger partial charge on any atom is 0.276 e. The number of hydrogen-bond acceptors (Lipinski definition) is 4. The Hall–Kier alpha value is -3.15. The highest BCUT2D eigenvalue weighted by Gasteiger charge is 2.17. The summed E-state index contributed by atoms with van der Waals surface area (Å²) in [6, 6.07) is 13.0. The fourth-order valence-electron chi connectivity index (χ4n) is 2.47. The Bertz CT molecular complexity index is 843. The summed E-state index contributed by atoms with van der Waals surface area (Å²) in [6.45, 7) is 2.63. The monoisotopic (exact) mass is 322 g/mol. The van der Waals surface area contributed by atoms with Crippen molar-refractivity contribution in [1.82, 2.24) is 14.8 Å². The number of ether oxygens (including phenoxy) is 1. The Morgan fingerprint density at radius 1 is 1.25 bits per heavy atom. The van der Waals surface area contributed by atoms with E-state index in [1.807, 2.05) is 31.2 Å². The lowest BCUT2D eigenvalue weighted by Gasteiger charge is -2.09. The molecule has 0 fully saturated rings. The molecule has 0 saturated heterocycles. The standard InChI is InChI=1S/C18H18N4O2/c1-3-22-16(14-8-4-5-9-17(14)24-2)11-15(21-22)18(23)20-13-7-6-10-19-12-13/h4-12H,3H2,1-2H3,(H,20,23). The number of anilines is 1. The van der Waals surface area contributed by atoms with Crippen molar-refractivity contribution in [3.8, 4) is 17.0 Å². The highest BCUT2D eigenvalue weighted by molar-refractivity contribution is 6.03. The first-order valence-corrected chi connectivity index (χ1v) is 7.65. The van der Waals surface area contributed by atoms with Crippen LogP contribution in [-0.2, 0) is 6.54 Å². The second-order valence-electron chi connectivity index (χ2n) is 5.13. The van der Waals surface area contributed by atoms with Crippen LogP contribution in [0.15, 0.2) is 54.9 Å². The molecular formula is C18H18N4O2. The summed E-state index contributed by atoms with van der Waals surface area (Å²) in [5.41, 5.74) is 2.72. The topological polar surface area (TPSA) is 69.0 Å². The Morgan fingerprint density at radius 3 is 2.79 bits per heavy atom. The summed E-state index contributed by atoms with van der Waals surface area (Å²) in [5, 5.41) is 7.20. The number of pyridine rings is 1. The van der Waals surface area contributed by atoms with E-state index < -0.39 is 0 Å². The number of para-hydroxylation sites is 1. The fraction of sp³-hybridized carbons (Fsp3) is 0.167. The first kappa shape index (κ1) is 15.7. The number of nitrogens with one attached hydrogen (secondary N) is 1. The molecule has 6 nitrogen and oxygen atoms in total. The summed E-state index contributed by atoms with van der Waals surface area (Å²) < 4.78 is 7.20. The lowest BCUT2D eigenvalue weighted by Crippen LogP contribution is -2.13. The van der Waals surface area contributed by atoms with E-state index in [9.17, 15) is 4.79 Å². The van der Waals surface area contributed by atoms with Gasteiger partial charge < -0.3 is 10.1 Å². The van der Waals surface area contributed by atoms with Crippen LogP contribution in [0.25, 0.3) is 11.3 Å². The lowest BCUT2D eigenvalue weighted by atomic mass is 10.1. The highest BCUT2D eigenvalue weighted by Crippen LogP contribution is 2.30. The van der Waals surface area contributed by atoms with E-state index in [1.165, 1.54) is 0 Å². The predicted octanol–water partition coefficient (Wildman–Crippen LogP) is 3.23. The quantitative estimate of drug-likeness (QED) is 0.783. The van der Waals surface area contributed by atoms with Crippen molar-refractivity contribution < 1.29 is 9.53 Å². The second kappa shape index (κ2) is 6.95. The van der Waals surface area contributed by atoms with Crippen LogP contribution >= 0.6 is 0 Å². The van der Waals surface area contributed by atoms with Crippen LogP contribution < -0.4 is 10.1 Å². The molecular weight excluding hydrogens is 304 g/mol. The number of rotatable bonds is 5. The van der Waals surface area contributed by atoms with Gasteiger partial charge in [0.05, 0.1) is 24.7 Å². The van der Waals surface area contributed by atoms with Gasteiger partial charge in [-0.3, -0.25) is 14.5 Å². The maximum absolute atomic E-state index is 12.4. The molecule has 0 aliphatic rings. The zero-order valence-electron chi connectivity index (χ0n) is 13.6. The molecule has 3 aromatic rings. The number of aryl methyl sites for hydroxylation is 1. The molecule has 0 aliphatic carbocycles. The summed E-state index contributed by atoms with van der Waals surface area (Å²) in [6.07, 6.45) is 3.25. The first-order valence-electron chi connectivity index (χ1n) is 7.65. The SMILES string of the molecule is CCn1nc(C(=O)Nc2cccnc2)cc1-c1ccccc1OC. The van der Waals surface area contributed by atoms with Crippen LogP contribution in [0.2, 0.25) is 0 Å². The lowest BCUT2D eigenvalue weighted by molar-refractivity contribution is 0.102. The minimum absolute atomic E-state index is 0.272. The van der Waals surface area contributed by atoms with Gasteiger partial charge in [0.2, 0.25) is 0 Å². The van der Waals surface area contributed by atoms with E-state index in [0.717, 1.165) is 17.0 Å². The van der Waals surface area contributed by atoms with Gasteiger partial charge in [-0.25, -0.2) is 0 Å². The number of carbonyl (C=O) groups is 1. The van der Waals surface area contributed by atoms with Crippen molar-refractivity contribution in [2.75, 3.05) is 12.4 Å². The van der Waals surface area contributed by atoms with Gasteiger partial charge in [0.25, 0.3) is 5.91 Å². The molecule has 0 aliphatic heterocycles. The molecule has 1 N–H and O–H groups in total. The van der Waals surface area contributed by atoms with Gasteiger partial charge in [0.15, 0.2) is 5.69 Å². The zero-order valence-corrected chi connectivity index (χ0v) is 13.6. The smallest absolute Gasteiger partial charge is 0.276 e. The van der Waals surface area contributed by atoms with E-state index in [1.54, 1.807) is 42.4 Å². The van der Waals surface area contributed by atoms with Gasteiger partial charge in [-0.05, 0) is 37.3 Å². The Labute approximate surface area is 140 Å². The van der Waals surface area contributed by atoms with Crippen molar-refractivity contribution >= 4 is 11.6 Å². The molecule has 24 heavy (non-hydrogen) atoms. The summed E-state index contributed by atoms with van der Waals surface area (Å²) in [4.78, 5) is 16.4. The molecule has 0 saturated carbocycles. The highest BCUT2D eigenvalue weighted by atomic mass is 16.5. The second-order valence-corrected chi connectivity index (χ2v) is 5.13. The van der Waals surface area contributed by atoms with Gasteiger partial charge in [-0.1, -0.05) is 12.1 Å². The molecule has 122 valence electrons. The zero-order chi connectivity index (χ0) is 16.9. The number of carbonyl (C=O) groups excluding carboxylic acids is 1. The average molecular weight is 322 g/mol. The van der Waals surface area contributed by atoms with E-state index in [-0.39, 0.29) is 5.91 Å². The molecule has 0 radical (unpaired) electrons. The third kappa shape index (κ3) is 3.12. The third-order valence-corrected chi connectivity index (χ3v) is 3.61. The molecule has 0 spiro atoms. The van der Waals surface area contributed by atoms with Crippen LogP contribution in [0.3, 0.4) is 0 Å². The van der Waals surface area contributed by atoms with Crippen LogP contribution in [0.1, 0.15) is 17.4 Å². The predicted molar refractivity (Wildman–Crippen MR) is 92.1 cm³/mol. The van der Waals surface area contributed by atoms with Crippen molar-refractivity contribution in [3.63, 3.8) is 0 Å². The van der Waals surface area contributed by atoms with Gasteiger partial charge >= 0.3 is 0 Å². The van der Waals surface area contributed by atoms with Crippen molar-refractivity contribution in [1.29, 1.82) is 0 Å². The van der Waals surface area contributed by atoms with E-state index in [4.69, 9.17) is 4.74 Å². The van der Waals surface area contributed by atoms with Crippen LogP contribution in [0.5, 0.6) is 5.75 Å². The third-order valence-electron chi connectivity index (χ3n) is 3.61. The molecule has 3 rings (SSSR count). The average Bonchev–Trinajstić information content (AvgIpc) is 3.07. The summed E-state index contributed by atoms with van der Waals surface area (Å²) >= 11 is 0. The number of amides is 1. The fourth-order valence-corrected chi connectivity index (χ4v) is 2.47. The van der Waals surface area contributed by atoms with Crippen molar-refractivity contribution in [3.05, 3.63) is 60.6 Å². The summed E-state index contributed by atoms with van der Waals surface area (Å²) in [7, 11) is 1.63. The van der Waals surface area contributed by atoms with Gasteiger partial charge in [0, 0.05) is 18.3 Å². The number of benzene rings is 1. The minimum Gasteiger partial charge on any atom is -0.496 e. The number of nitrogens with zero attached hydrogens (tertiary/aromatic N) is 3. The van der Waals surface area contributed by atoms with Crippen molar-refractivity contribution in [2.45, 2.75) is 13.5 Å². The van der Waals surface area contributed by atoms with Gasteiger partial charge in [-0.15, -0.1) is 0 Å². The van der Waals surface area contributed by atoms with Crippen LogP contribution in [0.4, 0.5) is 5.69 Å². The Balaban J connectivity index is 1.94. The molecule has 1 amide bonds. The number of methoxy groups -OCH3 is 1. The molecule has 0 bridgehead atoms. The molecule has 0 unspecified atom stereocenters. The normalized spacial score (nSPS) is 10.4.